The van der Waals surface area contributed by atoms with Crippen molar-refractivity contribution >= 4 is 11.5 Å². The molecule has 0 radical (unpaired) electrons. The molecule has 1 atom stereocenters. The average molecular weight is 244 g/mol. The molecule has 94 valence electrons. The van der Waals surface area contributed by atoms with Crippen LogP contribution in [0.15, 0.2) is 28.9 Å². The number of hydrogen-bond acceptors (Lipinski definition) is 5. The van der Waals surface area contributed by atoms with E-state index in [-0.39, 0.29) is 0 Å². The van der Waals surface area contributed by atoms with Crippen molar-refractivity contribution in [1.29, 1.82) is 0 Å². The molecule has 0 unspecified atom stereocenters. The van der Waals surface area contributed by atoms with Crippen LogP contribution in [0.3, 0.4) is 0 Å². The highest BCUT2D eigenvalue weighted by molar-refractivity contribution is 5.69. The second-order valence-electron chi connectivity index (χ2n) is 4.66. The Balaban J connectivity index is 2.01. The quantitative estimate of drug-likeness (QED) is 0.878. The van der Waals surface area contributed by atoms with Gasteiger partial charge in [0.1, 0.15) is 5.69 Å². The third-order valence-electron chi connectivity index (χ3n) is 3.44. The highest BCUT2D eigenvalue weighted by Gasteiger charge is 2.23. The number of furan rings is 1. The molecule has 0 bridgehead atoms. The molecule has 0 spiro atoms. The SMILES string of the molecule is C[C@H]1CCCN1c1cc(-c2ccco2)nnc1N. The summed E-state index contributed by atoms with van der Waals surface area (Å²) in [6.07, 6.45) is 4.02. The monoisotopic (exact) mass is 244 g/mol. The van der Waals surface area contributed by atoms with Crippen LogP contribution in [0.25, 0.3) is 11.5 Å². The number of nitrogens with zero attached hydrogens (tertiary/aromatic N) is 3. The topological polar surface area (TPSA) is 68.2 Å². The Labute approximate surface area is 106 Å². The van der Waals surface area contributed by atoms with Gasteiger partial charge in [-0.2, -0.15) is 0 Å². The van der Waals surface area contributed by atoms with Crippen molar-refractivity contribution < 1.29 is 4.42 Å². The Hall–Kier alpha value is -2.04. The summed E-state index contributed by atoms with van der Waals surface area (Å²) in [4.78, 5) is 2.29. The summed E-state index contributed by atoms with van der Waals surface area (Å²) < 4.78 is 5.34. The van der Waals surface area contributed by atoms with E-state index >= 15 is 0 Å². The summed E-state index contributed by atoms with van der Waals surface area (Å²) in [5, 5.41) is 8.12. The molecule has 3 heterocycles. The number of nitrogen functional groups attached to an aromatic ring is 1. The summed E-state index contributed by atoms with van der Waals surface area (Å²) in [6.45, 7) is 3.23. The van der Waals surface area contributed by atoms with Gasteiger partial charge in [0, 0.05) is 12.6 Å². The lowest BCUT2D eigenvalue weighted by atomic mass is 10.2. The highest BCUT2D eigenvalue weighted by Crippen LogP contribution is 2.31. The number of rotatable bonds is 2. The minimum atomic E-state index is 0.485. The molecule has 0 aliphatic carbocycles. The maximum atomic E-state index is 5.94. The van der Waals surface area contributed by atoms with Crippen LogP contribution in [0, 0.1) is 0 Å². The Morgan fingerprint density at radius 1 is 1.44 bits per heavy atom. The normalized spacial score (nSPS) is 19.4. The van der Waals surface area contributed by atoms with Crippen molar-refractivity contribution in [1.82, 2.24) is 10.2 Å². The first-order chi connectivity index (χ1) is 8.75. The van der Waals surface area contributed by atoms with Crippen molar-refractivity contribution in [2.24, 2.45) is 0 Å². The van der Waals surface area contributed by atoms with Crippen molar-refractivity contribution in [2.75, 3.05) is 17.2 Å². The molecule has 0 saturated carbocycles. The first kappa shape index (κ1) is 11.1. The third-order valence-corrected chi connectivity index (χ3v) is 3.44. The maximum absolute atomic E-state index is 5.94. The zero-order valence-corrected chi connectivity index (χ0v) is 10.3. The van der Waals surface area contributed by atoms with E-state index in [1.54, 1.807) is 6.26 Å². The van der Waals surface area contributed by atoms with Crippen LogP contribution in [-0.2, 0) is 0 Å². The van der Waals surface area contributed by atoms with Crippen molar-refractivity contribution in [3.8, 4) is 11.5 Å². The zero-order chi connectivity index (χ0) is 12.5. The summed E-state index contributed by atoms with van der Waals surface area (Å²) in [5.74, 6) is 1.20. The smallest absolute Gasteiger partial charge is 0.169 e. The predicted molar refractivity (Wildman–Crippen MR) is 70.2 cm³/mol. The van der Waals surface area contributed by atoms with Gasteiger partial charge in [-0.05, 0) is 38.0 Å². The fourth-order valence-corrected chi connectivity index (χ4v) is 2.46. The van der Waals surface area contributed by atoms with Crippen LogP contribution in [0.5, 0.6) is 0 Å². The Morgan fingerprint density at radius 2 is 2.33 bits per heavy atom. The molecule has 1 saturated heterocycles. The average Bonchev–Trinajstić information content (AvgIpc) is 3.01. The van der Waals surface area contributed by atoms with Gasteiger partial charge in [0.05, 0.1) is 12.0 Å². The number of hydrogen-bond donors (Lipinski definition) is 1. The van der Waals surface area contributed by atoms with Crippen LogP contribution in [0.2, 0.25) is 0 Å². The van der Waals surface area contributed by atoms with E-state index in [2.05, 4.69) is 22.0 Å². The fourth-order valence-electron chi connectivity index (χ4n) is 2.46. The molecule has 3 rings (SSSR count). The van der Waals surface area contributed by atoms with Gasteiger partial charge in [0.2, 0.25) is 0 Å². The predicted octanol–water partition coefficient (Wildman–Crippen LogP) is 2.31. The van der Waals surface area contributed by atoms with Gasteiger partial charge in [-0.25, -0.2) is 0 Å². The molecule has 5 nitrogen and oxygen atoms in total. The Kier molecular flexibility index (Phi) is 2.66. The van der Waals surface area contributed by atoms with E-state index < -0.39 is 0 Å². The Bertz CT molecular complexity index is 538. The van der Waals surface area contributed by atoms with E-state index in [0.29, 0.717) is 11.9 Å². The number of nitrogens with two attached hydrogens (primary N) is 1. The van der Waals surface area contributed by atoms with Crippen LogP contribution in [0.1, 0.15) is 19.8 Å². The van der Waals surface area contributed by atoms with Gasteiger partial charge in [0.25, 0.3) is 0 Å². The lowest BCUT2D eigenvalue weighted by Gasteiger charge is -2.24. The standard InChI is InChI=1S/C13H16N4O/c1-9-4-2-6-17(9)11-8-10(15-16-13(11)14)12-5-3-7-18-12/h3,5,7-9H,2,4,6H2,1H3,(H2,14,16)/t9-/m0/s1. The van der Waals surface area contributed by atoms with Gasteiger partial charge in [-0.1, -0.05) is 0 Å². The fraction of sp³-hybridized carbons (Fsp3) is 0.385. The number of aromatic nitrogens is 2. The highest BCUT2D eigenvalue weighted by atomic mass is 16.3. The minimum absolute atomic E-state index is 0.485. The van der Waals surface area contributed by atoms with E-state index in [1.165, 1.54) is 12.8 Å². The molecule has 1 aliphatic rings. The van der Waals surface area contributed by atoms with E-state index in [9.17, 15) is 0 Å². The van der Waals surface area contributed by atoms with Gasteiger partial charge in [0.15, 0.2) is 11.6 Å². The molecule has 18 heavy (non-hydrogen) atoms. The van der Waals surface area contributed by atoms with Crippen LogP contribution in [-0.4, -0.2) is 22.8 Å². The number of anilines is 2. The second-order valence-corrected chi connectivity index (χ2v) is 4.66. The van der Waals surface area contributed by atoms with E-state index in [0.717, 1.165) is 23.7 Å². The molecular weight excluding hydrogens is 228 g/mol. The molecule has 5 heteroatoms. The van der Waals surface area contributed by atoms with E-state index in [1.807, 2.05) is 18.2 Å². The molecule has 2 N–H and O–H groups in total. The second kappa shape index (κ2) is 4.33. The minimum Gasteiger partial charge on any atom is -0.463 e. The lowest BCUT2D eigenvalue weighted by molar-refractivity contribution is 0.579. The zero-order valence-electron chi connectivity index (χ0n) is 10.3. The van der Waals surface area contributed by atoms with E-state index in [4.69, 9.17) is 10.2 Å². The summed E-state index contributed by atoms with van der Waals surface area (Å²) in [5.41, 5.74) is 7.62. The molecule has 1 fully saturated rings. The molecule has 0 aromatic carbocycles. The van der Waals surface area contributed by atoms with Crippen LogP contribution < -0.4 is 10.6 Å². The van der Waals surface area contributed by atoms with Gasteiger partial charge >= 0.3 is 0 Å². The lowest BCUT2D eigenvalue weighted by Crippen LogP contribution is -2.27. The molecule has 2 aromatic rings. The van der Waals surface area contributed by atoms with Crippen molar-refractivity contribution in [2.45, 2.75) is 25.8 Å². The summed E-state index contributed by atoms with van der Waals surface area (Å²) in [7, 11) is 0. The van der Waals surface area contributed by atoms with Crippen molar-refractivity contribution in [3.05, 3.63) is 24.5 Å². The largest absolute Gasteiger partial charge is 0.463 e. The first-order valence-corrected chi connectivity index (χ1v) is 6.19. The van der Waals surface area contributed by atoms with Crippen LogP contribution >= 0.6 is 0 Å². The summed E-state index contributed by atoms with van der Waals surface area (Å²) in [6, 6.07) is 6.17. The molecule has 2 aromatic heterocycles. The molecule has 1 aliphatic heterocycles. The molecular formula is C13H16N4O. The maximum Gasteiger partial charge on any atom is 0.169 e. The van der Waals surface area contributed by atoms with Crippen LogP contribution in [0.4, 0.5) is 11.5 Å². The third kappa shape index (κ3) is 1.81. The Morgan fingerprint density at radius 3 is 3.00 bits per heavy atom. The first-order valence-electron chi connectivity index (χ1n) is 6.19. The molecule has 0 amide bonds. The van der Waals surface area contributed by atoms with Gasteiger partial charge < -0.3 is 15.1 Å². The van der Waals surface area contributed by atoms with Crippen molar-refractivity contribution in [3.63, 3.8) is 0 Å². The summed E-state index contributed by atoms with van der Waals surface area (Å²) >= 11 is 0. The van der Waals surface area contributed by atoms with Gasteiger partial charge in [-0.15, -0.1) is 10.2 Å². The van der Waals surface area contributed by atoms with Gasteiger partial charge in [-0.3, -0.25) is 0 Å².